The normalized spacial score (nSPS) is 12.8. The number of carbonyl (C=O) groups is 2. The molecular weight excluding hydrogens is 128 g/mol. The Morgan fingerprint density at radius 3 is 2.50 bits per heavy atom. The van der Waals surface area contributed by atoms with E-state index in [1.54, 1.807) is 6.92 Å². The van der Waals surface area contributed by atoms with Crippen molar-refractivity contribution in [3.05, 3.63) is 0 Å². The molecule has 0 bridgehead atoms. The monoisotopic (exact) mass is 134 g/mol. The van der Waals surface area contributed by atoms with Crippen LogP contribution >= 0.6 is 11.6 Å². The van der Waals surface area contributed by atoms with Crippen molar-refractivity contribution < 1.29 is 9.59 Å². The summed E-state index contributed by atoms with van der Waals surface area (Å²) >= 11 is 5.01. The Labute approximate surface area is 52.8 Å². The molecule has 0 aliphatic heterocycles. The number of hydrogen-bond donors (Lipinski definition) is 0. The van der Waals surface area contributed by atoms with Crippen LogP contribution in [0.25, 0.3) is 0 Å². The summed E-state index contributed by atoms with van der Waals surface area (Å²) in [6, 6.07) is 0. The van der Waals surface area contributed by atoms with Gasteiger partial charge in [0.1, 0.15) is 6.29 Å². The van der Waals surface area contributed by atoms with Gasteiger partial charge in [-0.1, -0.05) is 6.92 Å². The first-order chi connectivity index (χ1) is 3.68. The largest absolute Gasteiger partial charge is 0.303 e. The van der Waals surface area contributed by atoms with E-state index in [9.17, 15) is 9.59 Å². The van der Waals surface area contributed by atoms with Gasteiger partial charge in [-0.25, -0.2) is 0 Å². The van der Waals surface area contributed by atoms with Gasteiger partial charge in [0.2, 0.25) is 5.24 Å². The van der Waals surface area contributed by atoms with Gasteiger partial charge in [0.15, 0.2) is 0 Å². The molecule has 0 aromatic heterocycles. The van der Waals surface area contributed by atoms with Crippen LogP contribution in [-0.2, 0) is 9.59 Å². The number of rotatable bonds is 3. The van der Waals surface area contributed by atoms with E-state index in [1.807, 2.05) is 0 Å². The zero-order valence-corrected chi connectivity index (χ0v) is 5.31. The van der Waals surface area contributed by atoms with Crippen LogP contribution < -0.4 is 0 Å². The fraction of sp³-hybridized carbons (Fsp3) is 0.600. The van der Waals surface area contributed by atoms with Gasteiger partial charge in [-0.3, -0.25) is 4.79 Å². The van der Waals surface area contributed by atoms with Crippen LogP contribution in [0.15, 0.2) is 0 Å². The molecule has 46 valence electrons. The van der Waals surface area contributed by atoms with Crippen LogP contribution in [0.2, 0.25) is 0 Å². The van der Waals surface area contributed by atoms with E-state index in [2.05, 4.69) is 0 Å². The standard InChI is InChI=1S/C5H7ClO2/c1-4(2-3-7)5(6)8/h3-4H,2H2,1H3. The predicted molar refractivity (Wildman–Crippen MR) is 30.7 cm³/mol. The average Bonchev–Trinajstić information content (AvgIpc) is 1.67. The Kier molecular flexibility index (Phi) is 3.44. The maximum absolute atomic E-state index is 10.1. The number of carbonyl (C=O) groups excluding carboxylic acids is 2. The lowest BCUT2D eigenvalue weighted by atomic mass is 10.1. The highest BCUT2D eigenvalue weighted by Gasteiger charge is 2.06. The van der Waals surface area contributed by atoms with Crippen molar-refractivity contribution in [2.75, 3.05) is 0 Å². The van der Waals surface area contributed by atoms with Crippen LogP contribution in [0, 0.1) is 5.92 Å². The third-order valence-corrected chi connectivity index (χ3v) is 1.21. The third-order valence-electron chi connectivity index (χ3n) is 0.837. The van der Waals surface area contributed by atoms with Crippen LogP contribution in [0.3, 0.4) is 0 Å². The fourth-order valence-corrected chi connectivity index (χ4v) is 0.326. The molecule has 0 aromatic rings. The number of halogens is 1. The summed E-state index contributed by atoms with van der Waals surface area (Å²) in [5.41, 5.74) is 0. The SMILES string of the molecule is CC(CC=O)C(=O)Cl. The van der Waals surface area contributed by atoms with Gasteiger partial charge >= 0.3 is 0 Å². The molecule has 0 N–H and O–H groups in total. The molecule has 2 nitrogen and oxygen atoms in total. The van der Waals surface area contributed by atoms with E-state index in [-0.39, 0.29) is 12.3 Å². The van der Waals surface area contributed by atoms with Gasteiger partial charge in [-0.05, 0) is 11.6 Å². The van der Waals surface area contributed by atoms with Crippen molar-refractivity contribution >= 4 is 23.1 Å². The Hall–Kier alpha value is -0.370. The Balaban J connectivity index is 3.46. The third kappa shape index (κ3) is 2.75. The number of aldehydes is 1. The summed E-state index contributed by atoms with van der Waals surface area (Å²) in [5.74, 6) is -0.325. The van der Waals surface area contributed by atoms with E-state index in [0.29, 0.717) is 6.29 Å². The van der Waals surface area contributed by atoms with Crippen molar-refractivity contribution in [2.24, 2.45) is 5.92 Å². The lowest BCUT2D eigenvalue weighted by Gasteiger charge is -1.95. The molecule has 0 radical (unpaired) electrons. The molecule has 0 saturated heterocycles. The molecule has 0 saturated carbocycles. The lowest BCUT2D eigenvalue weighted by molar-refractivity contribution is -0.117. The van der Waals surface area contributed by atoms with Crippen molar-refractivity contribution in [3.63, 3.8) is 0 Å². The van der Waals surface area contributed by atoms with Crippen molar-refractivity contribution in [3.8, 4) is 0 Å². The summed E-state index contributed by atoms with van der Waals surface area (Å²) in [7, 11) is 0. The summed E-state index contributed by atoms with van der Waals surface area (Å²) < 4.78 is 0. The van der Waals surface area contributed by atoms with Gasteiger partial charge in [0.05, 0.1) is 0 Å². The van der Waals surface area contributed by atoms with E-state index >= 15 is 0 Å². The van der Waals surface area contributed by atoms with Gasteiger partial charge in [-0.15, -0.1) is 0 Å². The Morgan fingerprint density at radius 2 is 2.38 bits per heavy atom. The molecule has 1 atom stereocenters. The first-order valence-corrected chi connectivity index (χ1v) is 2.69. The lowest BCUT2D eigenvalue weighted by Crippen LogP contribution is -2.03. The van der Waals surface area contributed by atoms with Crippen LogP contribution in [-0.4, -0.2) is 11.5 Å². The summed E-state index contributed by atoms with van der Waals surface area (Å²) in [6.07, 6.45) is 0.910. The average molecular weight is 135 g/mol. The smallest absolute Gasteiger partial charge is 0.224 e. The molecular formula is C5H7ClO2. The molecule has 8 heavy (non-hydrogen) atoms. The molecule has 0 spiro atoms. The number of hydrogen-bond acceptors (Lipinski definition) is 2. The molecule has 0 aromatic carbocycles. The molecule has 0 amide bonds. The van der Waals surface area contributed by atoms with E-state index in [0.717, 1.165) is 0 Å². The first-order valence-electron chi connectivity index (χ1n) is 2.31. The minimum absolute atomic E-state index is 0.225. The molecule has 1 unspecified atom stereocenters. The second-order valence-electron chi connectivity index (χ2n) is 1.61. The van der Waals surface area contributed by atoms with E-state index < -0.39 is 5.24 Å². The highest BCUT2D eigenvalue weighted by molar-refractivity contribution is 6.64. The van der Waals surface area contributed by atoms with E-state index in [4.69, 9.17) is 11.6 Å². The molecule has 3 heteroatoms. The zero-order valence-electron chi connectivity index (χ0n) is 4.56. The summed E-state index contributed by atoms with van der Waals surface area (Å²) in [5, 5.41) is -0.447. The maximum Gasteiger partial charge on any atom is 0.224 e. The van der Waals surface area contributed by atoms with Gasteiger partial charge < -0.3 is 4.79 Å². The second-order valence-corrected chi connectivity index (χ2v) is 1.98. The van der Waals surface area contributed by atoms with Crippen molar-refractivity contribution in [1.82, 2.24) is 0 Å². The molecule has 0 fully saturated rings. The van der Waals surface area contributed by atoms with Crippen molar-refractivity contribution in [2.45, 2.75) is 13.3 Å². The second kappa shape index (κ2) is 3.61. The highest BCUT2D eigenvalue weighted by atomic mass is 35.5. The zero-order chi connectivity index (χ0) is 6.57. The quantitative estimate of drug-likeness (QED) is 0.426. The van der Waals surface area contributed by atoms with Crippen LogP contribution in [0.4, 0.5) is 0 Å². The molecule has 0 aliphatic carbocycles. The van der Waals surface area contributed by atoms with Crippen LogP contribution in [0.1, 0.15) is 13.3 Å². The molecule has 0 heterocycles. The Bertz CT molecular complexity index is 101. The van der Waals surface area contributed by atoms with Crippen LogP contribution in [0.5, 0.6) is 0 Å². The van der Waals surface area contributed by atoms with Crippen molar-refractivity contribution in [1.29, 1.82) is 0 Å². The molecule has 0 aliphatic rings. The summed E-state index contributed by atoms with van der Waals surface area (Å²) in [6.45, 7) is 1.61. The van der Waals surface area contributed by atoms with Gasteiger partial charge in [-0.2, -0.15) is 0 Å². The Morgan fingerprint density at radius 1 is 1.88 bits per heavy atom. The molecule has 0 rings (SSSR count). The fourth-order valence-electron chi connectivity index (χ4n) is 0.237. The van der Waals surface area contributed by atoms with E-state index in [1.165, 1.54) is 0 Å². The van der Waals surface area contributed by atoms with Gasteiger partial charge in [0, 0.05) is 12.3 Å². The minimum atomic E-state index is -0.447. The highest BCUT2D eigenvalue weighted by Crippen LogP contribution is 2.02. The summed E-state index contributed by atoms with van der Waals surface area (Å²) in [4.78, 5) is 19.8. The topological polar surface area (TPSA) is 34.1 Å². The predicted octanol–water partition coefficient (Wildman–Crippen LogP) is 0.977. The first kappa shape index (κ1) is 7.63. The van der Waals surface area contributed by atoms with Gasteiger partial charge in [0.25, 0.3) is 0 Å². The minimum Gasteiger partial charge on any atom is -0.303 e. The maximum atomic E-state index is 10.1.